The number of aromatic nitrogens is 2. The van der Waals surface area contributed by atoms with Crippen molar-refractivity contribution in [1.82, 2.24) is 15.3 Å². The maximum absolute atomic E-state index is 5.84. The number of ether oxygens (including phenoxy) is 3. The van der Waals surface area contributed by atoms with Gasteiger partial charge in [0, 0.05) is 37.5 Å². The summed E-state index contributed by atoms with van der Waals surface area (Å²) in [5.41, 5.74) is 1.17. The average Bonchev–Trinajstić information content (AvgIpc) is 3.29. The molecule has 3 atom stereocenters. The molecule has 130 valence electrons. The van der Waals surface area contributed by atoms with E-state index in [2.05, 4.69) is 28.3 Å². The number of H-pyrrole nitrogens is 1. The Bertz CT molecular complexity index is 645. The summed E-state index contributed by atoms with van der Waals surface area (Å²) < 4.78 is 16.5. The number of hydrogen-bond acceptors (Lipinski definition) is 5. The van der Waals surface area contributed by atoms with Crippen LogP contribution in [-0.2, 0) is 4.74 Å². The van der Waals surface area contributed by atoms with Gasteiger partial charge in [-0.05, 0) is 31.0 Å². The van der Waals surface area contributed by atoms with Crippen molar-refractivity contribution in [3.05, 3.63) is 42.0 Å². The van der Waals surface area contributed by atoms with Crippen molar-refractivity contribution in [3.8, 4) is 11.5 Å². The molecule has 1 aromatic carbocycles. The molecule has 1 aliphatic rings. The fourth-order valence-electron chi connectivity index (χ4n) is 3.15. The van der Waals surface area contributed by atoms with Crippen molar-refractivity contribution >= 4 is 0 Å². The Morgan fingerprint density at radius 2 is 2.17 bits per heavy atom. The summed E-state index contributed by atoms with van der Waals surface area (Å²) in [4.78, 5) is 7.50. The Morgan fingerprint density at radius 1 is 1.33 bits per heavy atom. The zero-order chi connectivity index (χ0) is 16.9. The number of benzene rings is 1. The third kappa shape index (κ3) is 3.55. The Balaban J connectivity index is 1.62. The molecule has 1 aromatic heterocycles. The van der Waals surface area contributed by atoms with Gasteiger partial charge in [-0.15, -0.1) is 0 Å². The van der Waals surface area contributed by atoms with Crippen LogP contribution in [0.3, 0.4) is 0 Å². The van der Waals surface area contributed by atoms with Crippen LogP contribution in [0.25, 0.3) is 0 Å². The molecule has 0 radical (unpaired) electrons. The highest BCUT2D eigenvalue weighted by Crippen LogP contribution is 2.33. The molecule has 0 bridgehead atoms. The smallest absolute Gasteiger partial charge is 0.161 e. The van der Waals surface area contributed by atoms with Crippen LogP contribution in [0.2, 0.25) is 0 Å². The molecule has 1 saturated heterocycles. The number of aromatic amines is 1. The van der Waals surface area contributed by atoms with Crippen molar-refractivity contribution in [3.63, 3.8) is 0 Å². The highest BCUT2D eigenvalue weighted by molar-refractivity contribution is 5.43. The minimum atomic E-state index is 0.0464. The van der Waals surface area contributed by atoms with E-state index in [0.29, 0.717) is 5.92 Å². The second-order valence-corrected chi connectivity index (χ2v) is 6.06. The van der Waals surface area contributed by atoms with Gasteiger partial charge in [-0.2, -0.15) is 0 Å². The van der Waals surface area contributed by atoms with Crippen LogP contribution in [0, 0.1) is 5.92 Å². The molecule has 3 rings (SSSR count). The monoisotopic (exact) mass is 331 g/mol. The Morgan fingerprint density at radius 3 is 2.88 bits per heavy atom. The number of hydrogen-bond donors (Lipinski definition) is 2. The van der Waals surface area contributed by atoms with Crippen molar-refractivity contribution in [2.45, 2.75) is 25.5 Å². The van der Waals surface area contributed by atoms with Crippen LogP contribution in [0.5, 0.6) is 11.5 Å². The van der Waals surface area contributed by atoms with Crippen molar-refractivity contribution in [1.29, 1.82) is 0 Å². The van der Waals surface area contributed by atoms with Crippen molar-refractivity contribution in [2.24, 2.45) is 5.92 Å². The molecule has 24 heavy (non-hydrogen) atoms. The second-order valence-electron chi connectivity index (χ2n) is 6.06. The van der Waals surface area contributed by atoms with E-state index >= 15 is 0 Å². The first kappa shape index (κ1) is 16.8. The average molecular weight is 331 g/mol. The van der Waals surface area contributed by atoms with Gasteiger partial charge in [0.2, 0.25) is 0 Å². The van der Waals surface area contributed by atoms with Crippen LogP contribution in [0.1, 0.15) is 36.9 Å². The molecule has 6 nitrogen and oxygen atoms in total. The first-order chi connectivity index (χ1) is 11.7. The van der Waals surface area contributed by atoms with E-state index in [9.17, 15) is 0 Å². The first-order valence-corrected chi connectivity index (χ1v) is 8.29. The highest BCUT2D eigenvalue weighted by Gasteiger charge is 2.31. The summed E-state index contributed by atoms with van der Waals surface area (Å²) in [6, 6.07) is 6.24. The fourth-order valence-corrected chi connectivity index (χ4v) is 3.15. The summed E-state index contributed by atoms with van der Waals surface area (Å²) in [5.74, 6) is 2.83. The van der Waals surface area contributed by atoms with Gasteiger partial charge < -0.3 is 24.5 Å². The van der Waals surface area contributed by atoms with Gasteiger partial charge in [-0.1, -0.05) is 6.07 Å². The standard InChI is InChI=1S/C18H25N3O3/c1-12(13-4-5-15(22-2)16(10-13)23-3)21-11-14-6-9-24-17(14)18-19-7-8-20-18/h4-5,7-8,10,12,14,17,21H,6,9,11H2,1-3H3,(H,19,20)/t12?,14-,17+/m0/s1. The number of imidazole rings is 1. The van der Waals surface area contributed by atoms with Gasteiger partial charge in [-0.25, -0.2) is 4.98 Å². The molecule has 1 fully saturated rings. The molecule has 2 aromatic rings. The first-order valence-electron chi connectivity index (χ1n) is 8.29. The molecule has 0 saturated carbocycles. The molecule has 6 heteroatoms. The van der Waals surface area contributed by atoms with Crippen LogP contribution < -0.4 is 14.8 Å². The third-order valence-electron chi connectivity index (χ3n) is 4.60. The minimum absolute atomic E-state index is 0.0464. The van der Waals surface area contributed by atoms with E-state index in [1.165, 1.54) is 5.56 Å². The molecular formula is C18H25N3O3. The maximum Gasteiger partial charge on any atom is 0.161 e. The zero-order valence-electron chi connectivity index (χ0n) is 14.4. The Labute approximate surface area is 142 Å². The number of rotatable bonds is 7. The highest BCUT2D eigenvalue weighted by atomic mass is 16.5. The van der Waals surface area contributed by atoms with Gasteiger partial charge in [-0.3, -0.25) is 0 Å². The summed E-state index contributed by atoms with van der Waals surface area (Å²) in [6.07, 6.45) is 4.70. The molecule has 0 aliphatic carbocycles. The number of nitrogens with zero attached hydrogens (tertiary/aromatic N) is 1. The molecule has 0 amide bonds. The topological polar surface area (TPSA) is 68.4 Å². The van der Waals surface area contributed by atoms with Crippen LogP contribution in [-0.4, -0.2) is 37.3 Å². The van der Waals surface area contributed by atoms with E-state index in [-0.39, 0.29) is 12.1 Å². The van der Waals surface area contributed by atoms with E-state index in [1.54, 1.807) is 20.4 Å². The summed E-state index contributed by atoms with van der Waals surface area (Å²) in [6.45, 7) is 3.81. The summed E-state index contributed by atoms with van der Waals surface area (Å²) in [7, 11) is 3.30. The SMILES string of the molecule is COc1ccc(C(C)NC[C@@H]2CCO[C@H]2c2ncc[nH]2)cc1OC. The molecule has 0 spiro atoms. The summed E-state index contributed by atoms with van der Waals surface area (Å²) >= 11 is 0. The van der Waals surface area contributed by atoms with Gasteiger partial charge in [0.25, 0.3) is 0 Å². The number of methoxy groups -OCH3 is 2. The number of nitrogens with one attached hydrogen (secondary N) is 2. The predicted molar refractivity (Wildman–Crippen MR) is 91.4 cm³/mol. The molecular weight excluding hydrogens is 306 g/mol. The maximum atomic E-state index is 5.84. The predicted octanol–water partition coefficient (Wildman–Crippen LogP) is 2.86. The molecule has 2 N–H and O–H groups in total. The second kappa shape index (κ2) is 7.68. The lowest BCUT2D eigenvalue weighted by molar-refractivity contribution is 0.0834. The third-order valence-corrected chi connectivity index (χ3v) is 4.60. The largest absolute Gasteiger partial charge is 0.493 e. The van der Waals surface area contributed by atoms with Crippen LogP contribution in [0.15, 0.2) is 30.6 Å². The molecule has 1 unspecified atom stereocenters. The molecule has 1 aliphatic heterocycles. The van der Waals surface area contributed by atoms with Gasteiger partial charge in [0.15, 0.2) is 11.5 Å². The summed E-state index contributed by atoms with van der Waals surface area (Å²) in [5, 5.41) is 3.60. The fraction of sp³-hybridized carbons (Fsp3) is 0.500. The Kier molecular flexibility index (Phi) is 5.37. The quantitative estimate of drug-likeness (QED) is 0.816. The van der Waals surface area contributed by atoms with E-state index in [0.717, 1.165) is 36.9 Å². The van der Waals surface area contributed by atoms with Gasteiger partial charge >= 0.3 is 0 Å². The van der Waals surface area contributed by atoms with Gasteiger partial charge in [0.05, 0.1) is 14.2 Å². The molecule has 2 heterocycles. The van der Waals surface area contributed by atoms with Gasteiger partial charge in [0.1, 0.15) is 11.9 Å². The van der Waals surface area contributed by atoms with Crippen LogP contribution >= 0.6 is 0 Å². The normalized spacial score (nSPS) is 21.6. The van der Waals surface area contributed by atoms with E-state index < -0.39 is 0 Å². The minimum Gasteiger partial charge on any atom is -0.493 e. The lowest BCUT2D eigenvalue weighted by Gasteiger charge is -2.21. The van der Waals surface area contributed by atoms with Crippen molar-refractivity contribution < 1.29 is 14.2 Å². The lowest BCUT2D eigenvalue weighted by Crippen LogP contribution is -2.27. The van der Waals surface area contributed by atoms with E-state index in [1.807, 2.05) is 18.3 Å². The Hall–Kier alpha value is -2.05. The lowest BCUT2D eigenvalue weighted by atomic mass is 9.99. The van der Waals surface area contributed by atoms with E-state index in [4.69, 9.17) is 14.2 Å². The zero-order valence-corrected chi connectivity index (χ0v) is 14.4. The van der Waals surface area contributed by atoms with Crippen LogP contribution in [0.4, 0.5) is 0 Å². The van der Waals surface area contributed by atoms with Crippen molar-refractivity contribution in [2.75, 3.05) is 27.4 Å².